The molecule has 1 heterocycles. The van der Waals surface area contributed by atoms with Crippen molar-refractivity contribution in [2.75, 3.05) is 27.9 Å². The van der Waals surface area contributed by atoms with Crippen molar-refractivity contribution in [1.29, 1.82) is 0 Å². The summed E-state index contributed by atoms with van der Waals surface area (Å²) in [4.78, 5) is 26.9. The molecule has 8 nitrogen and oxygen atoms in total. The molecule has 1 fully saturated rings. The fraction of sp³-hybridized carbons (Fsp3) is 0.462. The van der Waals surface area contributed by atoms with Crippen LogP contribution in [0.1, 0.15) is 43.2 Å². The number of hydrogen-bond donors (Lipinski definition) is 1. The molecule has 0 unspecified atom stereocenters. The third-order valence-corrected chi connectivity index (χ3v) is 6.34. The number of amides is 1. The summed E-state index contributed by atoms with van der Waals surface area (Å²) in [7, 11) is 4.66. The third kappa shape index (κ3) is 5.55. The average Bonchev–Trinajstić information content (AvgIpc) is 2.87. The molecule has 8 heteroatoms. The van der Waals surface area contributed by atoms with Crippen LogP contribution >= 0.6 is 0 Å². The second-order valence-electron chi connectivity index (χ2n) is 8.37. The molecule has 0 saturated carbocycles. The summed E-state index contributed by atoms with van der Waals surface area (Å²) in [6.07, 6.45) is 2.80. The van der Waals surface area contributed by atoms with Crippen LogP contribution in [0.25, 0.3) is 0 Å². The molecular weight excluding hydrogens is 438 g/mol. The number of piperidine rings is 1. The Morgan fingerprint density at radius 3 is 2.24 bits per heavy atom. The highest BCUT2D eigenvalue weighted by Gasteiger charge is 2.48. The molecule has 3 rings (SSSR count). The van der Waals surface area contributed by atoms with E-state index in [-0.39, 0.29) is 6.61 Å². The molecule has 0 spiro atoms. The summed E-state index contributed by atoms with van der Waals surface area (Å²) in [6.45, 7) is 0.474. The molecule has 34 heavy (non-hydrogen) atoms. The first-order valence-corrected chi connectivity index (χ1v) is 11.5. The van der Waals surface area contributed by atoms with E-state index in [4.69, 9.17) is 18.9 Å². The summed E-state index contributed by atoms with van der Waals surface area (Å²) >= 11 is 0. The third-order valence-electron chi connectivity index (χ3n) is 6.34. The Labute approximate surface area is 200 Å². The quantitative estimate of drug-likeness (QED) is 0.538. The summed E-state index contributed by atoms with van der Waals surface area (Å²) < 4.78 is 21.7. The standard InChI is InChI=1S/C26H33NO7/c1-31-21-16-20(17-22(32-2)23(21)33-3)12-9-14-26(24(28)29)13-7-8-15-27(26)25(30)34-18-19-10-5-4-6-11-19/h4-6,10-11,16-17H,7-9,12-15,18H2,1-3H3,(H,28,29)/t26-/m1/s1. The van der Waals surface area contributed by atoms with E-state index >= 15 is 0 Å². The lowest BCUT2D eigenvalue weighted by atomic mass is 9.82. The molecule has 2 aromatic carbocycles. The second kappa shape index (κ2) is 11.6. The van der Waals surface area contributed by atoms with Crippen LogP contribution in [0.3, 0.4) is 0 Å². The van der Waals surface area contributed by atoms with Crippen molar-refractivity contribution in [2.24, 2.45) is 0 Å². The Bertz CT molecular complexity index is 953. The van der Waals surface area contributed by atoms with Gasteiger partial charge in [-0.3, -0.25) is 4.90 Å². The maximum Gasteiger partial charge on any atom is 0.411 e. The van der Waals surface area contributed by atoms with Gasteiger partial charge < -0.3 is 24.1 Å². The normalized spacial score (nSPS) is 17.7. The van der Waals surface area contributed by atoms with Crippen molar-refractivity contribution >= 4 is 12.1 Å². The topological polar surface area (TPSA) is 94.5 Å². The number of rotatable bonds is 10. The maximum absolute atomic E-state index is 13.0. The molecule has 1 saturated heterocycles. The van der Waals surface area contributed by atoms with Gasteiger partial charge in [-0.1, -0.05) is 30.3 Å². The number of methoxy groups -OCH3 is 3. The van der Waals surface area contributed by atoms with Gasteiger partial charge >= 0.3 is 12.1 Å². The van der Waals surface area contributed by atoms with E-state index in [1.165, 1.54) is 4.90 Å². The summed E-state index contributed by atoms with van der Waals surface area (Å²) in [5, 5.41) is 10.2. The number of aliphatic carboxylic acids is 1. The smallest absolute Gasteiger partial charge is 0.411 e. The van der Waals surface area contributed by atoms with Gasteiger partial charge in [0.05, 0.1) is 21.3 Å². The van der Waals surface area contributed by atoms with Crippen molar-refractivity contribution in [2.45, 2.75) is 50.7 Å². The van der Waals surface area contributed by atoms with E-state index in [0.29, 0.717) is 49.5 Å². The van der Waals surface area contributed by atoms with Gasteiger partial charge in [-0.2, -0.15) is 0 Å². The number of likely N-dealkylation sites (tertiary alicyclic amines) is 1. The number of carbonyl (C=O) groups excluding carboxylic acids is 1. The lowest BCUT2D eigenvalue weighted by molar-refractivity contribution is -0.153. The number of carboxylic acids is 1. The second-order valence-corrected chi connectivity index (χ2v) is 8.37. The largest absolute Gasteiger partial charge is 0.493 e. The van der Waals surface area contributed by atoms with Crippen molar-refractivity contribution in [3.63, 3.8) is 0 Å². The van der Waals surface area contributed by atoms with Crippen molar-refractivity contribution < 1.29 is 33.6 Å². The molecule has 1 aliphatic rings. The number of aryl methyl sites for hydroxylation is 1. The van der Waals surface area contributed by atoms with Gasteiger partial charge in [0, 0.05) is 6.54 Å². The van der Waals surface area contributed by atoms with E-state index in [1.807, 2.05) is 42.5 Å². The lowest BCUT2D eigenvalue weighted by Gasteiger charge is -2.43. The fourth-order valence-corrected chi connectivity index (χ4v) is 4.55. The molecule has 0 bridgehead atoms. The van der Waals surface area contributed by atoms with Crippen LogP contribution in [-0.4, -0.2) is 55.5 Å². The zero-order valence-corrected chi connectivity index (χ0v) is 20.0. The first kappa shape index (κ1) is 25.2. The van der Waals surface area contributed by atoms with Crippen molar-refractivity contribution in [3.05, 3.63) is 53.6 Å². The summed E-state index contributed by atoms with van der Waals surface area (Å²) in [5.74, 6) is 0.617. The van der Waals surface area contributed by atoms with Gasteiger partial charge in [-0.25, -0.2) is 9.59 Å². The highest BCUT2D eigenvalue weighted by atomic mass is 16.6. The average molecular weight is 472 g/mol. The molecular formula is C26H33NO7. The summed E-state index contributed by atoms with van der Waals surface area (Å²) in [5.41, 5.74) is 0.507. The SMILES string of the molecule is COc1cc(CCC[C@@]2(C(=O)O)CCCCN2C(=O)OCc2ccccc2)cc(OC)c1OC. The van der Waals surface area contributed by atoms with Crippen LogP contribution in [0, 0.1) is 0 Å². The zero-order chi connectivity index (χ0) is 24.6. The number of carboxylic acid groups (broad SMARTS) is 1. The zero-order valence-electron chi connectivity index (χ0n) is 20.0. The predicted octanol–water partition coefficient (Wildman–Crippen LogP) is 4.68. The Kier molecular flexibility index (Phi) is 8.62. The Hall–Kier alpha value is -3.42. The Morgan fingerprint density at radius 2 is 1.65 bits per heavy atom. The van der Waals surface area contributed by atoms with Gasteiger partial charge in [-0.15, -0.1) is 0 Å². The number of nitrogens with zero attached hydrogens (tertiary/aromatic N) is 1. The first-order valence-electron chi connectivity index (χ1n) is 11.5. The minimum Gasteiger partial charge on any atom is -0.493 e. The molecule has 1 aliphatic heterocycles. The van der Waals surface area contributed by atoms with E-state index in [9.17, 15) is 14.7 Å². The van der Waals surface area contributed by atoms with Gasteiger partial charge in [-0.05, 0) is 61.8 Å². The number of ether oxygens (including phenoxy) is 4. The van der Waals surface area contributed by atoms with Gasteiger partial charge in [0.25, 0.3) is 0 Å². The number of benzene rings is 2. The summed E-state index contributed by atoms with van der Waals surface area (Å²) in [6, 6.07) is 13.1. The van der Waals surface area contributed by atoms with Gasteiger partial charge in [0.15, 0.2) is 11.5 Å². The van der Waals surface area contributed by atoms with E-state index < -0.39 is 17.6 Å². The van der Waals surface area contributed by atoms with E-state index in [2.05, 4.69) is 0 Å². The molecule has 1 amide bonds. The fourth-order valence-electron chi connectivity index (χ4n) is 4.55. The first-order chi connectivity index (χ1) is 16.4. The molecule has 1 atom stereocenters. The van der Waals surface area contributed by atoms with E-state index in [0.717, 1.165) is 24.0 Å². The van der Waals surface area contributed by atoms with E-state index in [1.54, 1.807) is 21.3 Å². The van der Waals surface area contributed by atoms with Crippen LogP contribution in [0.4, 0.5) is 4.79 Å². The maximum atomic E-state index is 13.0. The lowest BCUT2D eigenvalue weighted by Crippen LogP contribution is -2.59. The van der Waals surface area contributed by atoms with Crippen LogP contribution in [-0.2, 0) is 22.6 Å². The van der Waals surface area contributed by atoms with Crippen molar-refractivity contribution in [3.8, 4) is 17.2 Å². The van der Waals surface area contributed by atoms with Crippen LogP contribution in [0.5, 0.6) is 17.2 Å². The van der Waals surface area contributed by atoms with Crippen molar-refractivity contribution in [1.82, 2.24) is 4.90 Å². The number of carbonyl (C=O) groups is 2. The Balaban J connectivity index is 1.72. The molecule has 1 N–H and O–H groups in total. The predicted molar refractivity (Wildman–Crippen MR) is 127 cm³/mol. The molecule has 184 valence electrons. The molecule has 0 radical (unpaired) electrons. The van der Waals surface area contributed by atoms with Gasteiger partial charge in [0.1, 0.15) is 12.1 Å². The Morgan fingerprint density at radius 1 is 0.971 bits per heavy atom. The minimum atomic E-state index is -1.29. The molecule has 0 aromatic heterocycles. The molecule has 2 aromatic rings. The monoisotopic (exact) mass is 471 g/mol. The highest BCUT2D eigenvalue weighted by molar-refractivity contribution is 5.84. The van der Waals surface area contributed by atoms with Gasteiger partial charge in [0.2, 0.25) is 5.75 Å². The minimum absolute atomic E-state index is 0.108. The van der Waals surface area contributed by atoms with Crippen LogP contribution in [0.2, 0.25) is 0 Å². The molecule has 0 aliphatic carbocycles. The number of hydrogen-bond acceptors (Lipinski definition) is 6. The van der Waals surface area contributed by atoms with Crippen LogP contribution < -0.4 is 14.2 Å². The highest BCUT2D eigenvalue weighted by Crippen LogP contribution is 2.39. The van der Waals surface area contributed by atoms with Crippen LogP contribution in [0.15, 0.2) is 42.5 Å².